The van der Waals surface area contributed by atoms with Crippen molar-refractivity contribution in [3.05, 3.63) is 35.4 Å². The second-order valence-corrected chi connectivity index (χ2v) is 4.69. The molecule has 0 aliphatic rings. The summed E-state index contributed by atoms with van der Waals surface area (Å²) in [7, 11) is 0. The number of hydrogen-bond acceptors (Lipinski definition) is 4. The van der Waals surface area contributed by atoms with Gasteiger partial charge in [-0.25, -0.2) is 9.97 Å². The van der Waals surface area contributed by atoms with Crippen LogP contribution >= 0.6 is 0 Å². The fraction of sp³-hybridized carbons (Fsp3) is 0.462. The van der Waals surface area contributed by atoms with Gasteiger partial charge in [0.2, 0.25) is 5.95 Å². The highest BCUT2D eigenvalue weighted by molar-refractivity contribution is 5.25. The molecule has 0 atom stereocenters. The second-order valence-electron chi connectivity index (χ2n) is 4.69. The summed E-state index contributed by atoms with van der Waals surface area (Å²) in [6.07, 6.45) is -2.65. The number of aryl methyl sites for hydroxylation is 3. The first-order valence-corrected chi connectivity index (χ1v) is 6.51. The van der Waals surface area contributed by atoms with E-state index in [-0.39, 0.29) is 5.95 Å². The normalized spacial score (nSPS) is 11.7. The number of anilines is 1. The van der Waals surface area contributed by atoms with Crippen LogP contribution in [0.4, 0.5) is 19.1 Å². The van der Waals surface area contributed by atoms with E-state index in [0.717, 1.165) is 23.7 Å². The summed E-state index contributed by atoms with van der Waals surface area (Å²) in [5.74, 6) is -0.0156. The number of rotatable bonds is 5. The van der Waals surface area contributed by atoms with Crippen LogP contribution in [0.1, 0.15) is 23.5 Å². The lowest BCUT2D eigenvalue weighted by atomic mass is 10.4. The summed E-state index contributed by atoms with van der Waals surface area (Å²) in [4.78, 5) is 7.22. The standard InChI is InChI=1S/C13H16F3N5/c1-9-8-10(2)21(20-9)7-3-5-17-12-18-6-4-11(19-12)13(14,15)16/h4,6,8H,3,5,7H2,1-2H3,(H,17,18,19). The third kappa shape index (κ3) is 4.17. The van der Waals surface area contributed by atoms with Crippen LogP contribution < -0.4 is 5.32 Å². The monoisotopic (exact) mass is 299 g/mol. The molecule has 114 valence electrons. The fourth-order valence-electron chi connectivity index (χ4n) is 1.93. The molecule has 2 aromatic rings. The molecule has 0 aliphatic carbocycles. The van der Waals surface area contributed by atoms with Crippen LogP contribution in [0.3, 0.4) is 0 Å². The number of nitrogens with one attached hydrogen (secondary N) is 1. The Balaban J connectivity index is 1.85. The van der Waals surface area contributed by atoms with Crippen LogP contribution in [0.2, 0.25) is 0 Å². The summed E-state index contributed by atoms with van der Waals surface area (Å²) in [5.41, 5.74) is 1.06. The molecule has 0 unspecified atom stereocenters. The Hall–Kier alpha value is -2.12. The van der Waals surface area contributed by atoms with Gasteiger partial charge in [0, 0.05) is 25.0 Å². The zero-order valence-corrected chi connectivity index (χ0v) is 11.8. The molecule has 21 heavy (non-hydrogen) atoms. The Morgan fingerprint density at radius 1 is 1.29 bits per heavy atom. The van der Waals surface area contributed by atoms with Gasteiger partial charge in [0.05, 0.1) is 5.69 Å². The molecule has 0 saturated heterocycles. The molecule has 0 saturated carbocycles. The number of hydrogen-bond donors (Lipinski definition) is 1. The highest BCUT2D eigenvalue weighted by Gasteiger charge is 2.32. The quantitative estimate of drug-likeness (QED) is 0.863. The van der Waals surface area contributed by atoms with Crippen LogP contribution in [-0.2, 0) is 12.7 Å². The molecule has 1 N–H and O–H groups in total. The van der Waals surface area contributed by atoms with E-state index in [0.29, 0.717) is 19.5 Å². The molecule has 2 aromatic heterocycles. The van der Waals surface area contributed by atoms with Gasteiger partial charge in [-0.05, 0) is 32.4 Å². The van der Waals surface area contributed by atoms with Crippen LogP contribution in [0, 0.1) is 13.8 Å². The maximum absolute atomic E-state index is 12.5. The smallest absolute Gasteiger partial charge is 0.354 e. The van der Waals surface area contributed by atoms with Crippen molar-refractivity contribution in [2.24, 2.45) is 0 Å². The number of halogens is 3. The molecule has 5 nitrogen and oxygen atoms in total. The topological polar surface area (TPSA) is 55.6 Å². The largest absolute Gasteiger partial charge is 0.433 e. The van der Waals surface area contributed by atoms with Crippen LogP contribution in [-0.4, -0.2) is 26.3 Å². The van der Waals surface area contributed by atoms with Gasteiger partial charge < -0.3 is 5.32 Å². The van der Waals surface area contributed by atoms with Gasteiger partial charge in [-0.2, -0.15) is 18.3 Å². The Bertz CT molecular complexity index is 606. The minimum atomic E-state index is -4.46. The Morgan fingerprint density at radius 3 is 2.67 bits per heavy atom. The zero-order chi connectivity index (χ0) is 15.5. The van der Waals surface area contributed by atoms with E-state index in [1.54, 1.807) is 0 Å². The van der Waals surface area contributed by atoms with Crippen LogP contribution in [0.25, 0.3) is 0 Å². The van der Waals surface area contributed by atoms with Crippen molar-refractivity contribution in [1.29, 1.82) is 0 Å². The van der Waals surface area contributed by atoms with Gasteiger partial charge in [0.15, 0.2) is 0 Å². The number of aromatic nitrogens is 4. The maximum atomic E-state index is 12.5. The van der Waals surface area contributed by atoms with E-state index >= 15 is 0 Å². The Morgan fingerprint density at radius 2 is 2.05 bits per heavy atom. The van der Waals surface area contributed by atoms with Crippen LogP contribution in [0.15, 0.2) is 18.3 Å². The molecule has 0 aliphatic heterocycles. The molecule has 0 spiro atoms. The summed E-state index contributed by atoms with van der Waals surface area (Å²) in [5, 5.41) is 7.10. The predicted molar refractivity (Wildman–Crippen MR) is 71.8 cm³/mol. The van der Waals surface area contributed by atoms with Crippen molar-refractivity contribution in [2.45, 2.75) is 33.0 Å². The van der Waals surface area contributed by atoms with Gasteiger partial charge in [0.25, 0.3) is 0 Å². The Labute approximate surface area is 120 Å². The highest BCUT2D eigenvalue weighted by atomic mass is 19.4. The van der Waals surface area contributed by atoms with E-state index in [1.807, 2.05) is 24.6 Å². The second kappa shape index (κ2) is 6.11. The predicted octanol–water partition coefficient (Wildman–Crippen LogP) is 2.81. The van der Waals surface area contributed by atoms with Gasteiger partial charge in [-0.3, -0.25) is 4.68 Å². The molecule has 2 rings (SSSR count). The molecule has 2 heterocycles. The van der Waals surface area contributed by atoms with Crippen LogP contribution in [0.5, 0.6) is 0 Å². The molecular weight excluding hydrogens is 283 g/mol. The lowest BCUT2D eigenvalue weighted by Gasteiger charge is -2.09. The Kier molecular flexibility index (Phi) is 4.44. The minimum Gasteiger partial charge on any atom is -0.354 e. The SMILES string of the molecule is Cc1cc(C)n(CCCNc2nccc(C(F)(F)F)n2)n1. The van der Waals surface area contributed by atoms with Gasteiger partial charge >= 0.3 is 6.18 Å². The molecule has 0 amide bonds. The fourth-order valence-corrected chi connectivity index (χ4v) is 1.93. The summed E-state index contributed by atoms with van der Waals surface area (Å²) >= 11 is 0. The molecule has 0 fully saturated rings. The van der Waals surface area contributed by atoms with Crippen molar-refractivity contribution in [3.63, 3.8) is 0 Å². The van der Waals surface area contributed by atoms with E-state index < -0.39 is 11.9 Å². The van der Waals surface area contributed by atoms with Gasteiger partial charge in [0.1, 0.15) is 5.69 Å². The third-order valence-electron chi connectivity index (χ3n) is 2.88. The van der Waals surface area contributed by atoms with Crippen molar-refractivity contribution in [2.75, 3.05) is 11.9 Å². The maximum Gasteiger partial charge on any atom is 0.433 e. The molecule has 8 heteroatoms. The van der Waals surface area contributed by atoms with Crippen molar-refractivity contribution in [1.82, 2.24) is 19.7 Å². The molecule has 0 radical (unpaired) electrons. The molecule has 0 bridgehead atoms. The van der Waals surface area contributed by atoms with E-state index in [9.17, 15) is 13.2 Å². The number of alkyl halides is 3. The summed E-state index contributed by atoms with van der Waals surface area (Å²) < 4.78 is 39.3. The summed E-state index contributed by atoms with van der Waals surface area (Å²) in [6, 6.07) is 2.82. The van der Waals surface area contributed by atoms with E-state index in [4.69, 9.17) is 0 Å². The molecule has 0 aromatic carbocycles. The average molecular weight is 299 g/mol. The van der Waals surface area contributed by atoms with Crippen molar-refractivity contribution >= 4 is 5.95 Å². The first-order chi connectivity index (χ1) is 9.86. The van der Waals surface area contributed by atoms with E-state index in [2.05, 4.69) is 20.4 Å². The first-order valence-electron chi connectivity index (χ1n) is 6.51. The van der Waals surface area contributed by atoms with Crippen molar-refractivity contribution in [3.8, 4) is 0 Å². The van der Waals surface area contributed by atoms with E-state index in [1.165, 1.54) is 0 Å². The van der Waals surface area contributed by atoms with Crippen molar-refractivity contribution < 1.29 is 13.2 Å². The van der Waals surface area contributed by atoms with Gasteiger partial charge in [-0.1, -0.05) is 0 Å². The third-order valence-corrected chi connectivity index (χ3v) is 2.88. The summed E-state index contributed by atoms with van der Waals surface area (Å²) in [6.45, 7) is 5.03. The highest BCUT2D eigenvalue weighted by Crippen LogP contribution is 2.27. The lowest BCUT2D eigenvalue weighted by molar-refractivity contribution is -0.141. The zero-order valence-electron chi connectivity index (χ0n) is 11.8. The average Bonchev–Trinajstić information content (AvgIpc) is 2.72. The number of nitrogens with zero attached hydrogens (tertiary/aromatic N) is 4. The van der Waals surface area contributed by atoms with Gasteiger partial charge in [-0.15, -0.1) is 0 Å². The first kappa shape index (κ1) is 15.3. The molecular formula is C13H16F3N5. The lowest BCUT2D eigenvalue weighted by Crippen LogP contribution is -2.13. The minimum absolute atomic E-state index is 0.0156.